The molecule has 0 radical (unpaired) electrons. The minimum absolute atomic E-state index is 0.677. The van der Waals surface area contributed by atoms with Gasteiger partial charge in [0.25, 0.3) is 0 Å². The molecular formula is C14H11NO. The molecule has 0 atom stereocenters. The van der Waals surface area contributed by atoms with Gasteiger partial charge in [0.1, 0.15) is 5.75 Å². The van der Waals surface area contributed by atoms with Crippen molar-refractivity contribution >= 4 is 0 Å². The predicted molar refractivity (Wildman–Crippen MR) is 63.1 cm³/mol. The SMILES string of the molecule is COc1cccc(-c2ccccc2C#N)c1. The van der Waals surface area contributed by atoms with Crippen LogP contribution in [0, 0.1) is 11.3 Å². The maximum absolute atomic E-state index is 9.02. The molecule has 0 saturated carbocycles. The highest BCUT2D eigenvalue weighted by Gasteiger charge is 2.04. The van der Waals surface area contributed by atoms with Crippen molar-refractivity contribution in [2.24, 2.45) is 0 Å². The summed E-state index contributed by atoms with van der Waals surface area (Å²) in [7, 11) is 1.63. The minimum Gasteiger partial charge on any atom is -0.497 e. The van der Waals surface area contributed by atoms with Crippen LogP contribution in [0.3, 0.4) is 0 Å². The molecule has 0 aliphatic rings. The molecule has 0 aliphatic heterocycles. The zero-order valence-corrected chi connectivity index (χ0v) is 8.97. The summed E-state index contributed by atoms with van der Waals surface area (Å²) in [5.74, 6) is 0.797. The Kier molecular flexibility index (Phi) is 2.88. The normalized spacial score (nSPS) is 9.50. The second-order valence-electron chi connectivity index (χ2n) is 3.39. The molecule has 2 nitrogen and oxygen atoms in total. The van der Waals surface area contributed by atoms with Gasteiger partial charge in [0.15, 0.2) is 0 Å². The van der Waals surface area contributed by atoms with E-state index in [1.165, 1.54) is 0 Å². The highest BCUT2D eigenvalue weighted by atomic mass is 16.5. The highest BCUT2D eigenvalue weighted by molar-refractivity contribution is 5.71. The summed E-state index contributed by atoms with van der Waals surface area (Å²) in [6.07, 6.45) is 0. The van der Waals surface area contributed by atoms with Crippen LogP contribution in [0.25, 0.3) is 11.1 Å². The van der Waals surface area contributed by atoms with E-state index in [9.17, 15) is 0 Å². The van der Waals surface area contributed by atoms with Crippen LogP contribution >= 0.6 is 0 Å². The molecule has 0 N–H and O–H groups in total. The zero-order valence-electron chi connectivity index (χ0n) is 8.97. The van der Waals surface area contributed by atoms with E-state index in [1.807, 2.05) is 48.5 Å². The van der Waals surface area contributed by atoms with Crippen LogP contribution in [0.2, 0.25) is 0 Å². The van der Waals surface area contributed by atoms with Crippen molar-refractivity contribution in [3.8, 4) is 22.9 Å². The molecule has 16 heavy (non-hydrogen) atoms. The van der Waals surface area contributed by atoms with E-state index in [1.54, 1.807) is 7.11 Å². The van der Waals surface area contributed by atoms with Crippen LogP contribution in [0.15, 0.2) is 48.5 Å². The number of hydrogen-bond donors (Lipinski definition) is 0. The number of ether oxygens (including phenoxy) is 1. The molecular weight excluding hydrogens is 198 g/mol. The first-order chi connectivity index (χ1) is 7.85. The van der Waals surface area contributed by atoms with Crippen molar-refractivity contribution in [2.45, 2.75) is 0 Å². The maximum Gasteiger partial charge on any atom is 0.119 e. The Morgan fingerprint density at radius 3 is 2.62 bits per heavy atom. The lowest BCUT2D eigenvalue weighted by molar-refractivity contribution is 0.415. The molecule has 0 fully saturated rings. The van der Waals surface area contributed by atoms with E-state index in [4.69, 9.17) is 10.00 Å². The van der Waals surface area contributed by atoms with Gasteiger partial charge in [-0.05, 0) is 29.3 Å². The van der Waals surface area contributed by atoms with Gasteiger partial charge in [0.2, 0.25) is 0 Å². The largest absolute Gasteiger partial charge is 0.497 e. The summed E-state index contributed by atoms with van der Waals surface area (Å²) in [5.41, 5.74) is 2.61. The maximum atomic E-state index is 9.02. The molecule has 0 heterocycles. The van der Waals surface area contributed by atoms with E-state index < -0.39 is 0 Å². The Morgan fingerprint density at radius 2 is 1.88 bits per heavy atom. The number of rotatable bonds is 2. The van der Waals surface area contributed by atoms with Crippen LogP contribution < -0.4 is 4.74 Å². The number of hydrogen-bond acceptors (Lipinski definition) is 2. The molecule has 2 rings (SSSR count). The van der Waals surface area contributed by atoms with Gasteiger partial charge >= 0.3 is 0 Å². The molecule has 2 heteroatoms. The number of methoxy groups -OCH3 is 1. The average molecular weight is 209 g/mol. The summed E-state index contributed by atoms with van der Waals surface area (Å²) < 4.78 is 5.17. The summed E-state index contributed by atoms with van der Waals surface area (Å²) in [5, 5.41) is 9.02. The summed E-state index contributed by atoms with van der Waals surface area (Å²) in [4.78, 5) is 0. The van der Waals surface area contributed by atoms with Crippen molar-refractivity contribution in [3.63, 3.8) is 0 Å². The molecule has 0 aromatic heterocycles. The Hall–Kier alpha value is -2.27. The molecule has 0 aliphatic carbocycles. The molecule has 2 aromatic carbocycles. The van der Waals surface area contributed by atoms with Crippen LogP contribution in [0.1, 0.15) is 5.56 Å². The van der Waals surface area contributed by atoms with Gasteiger partial charge < -0.3 is 4.74 Å². The molecule has 0 saturated heterocycles. The third kappa shape index (κ3) is 1.89. The first kappa shape index (κ1) is 10.3. The standard InChI is InChI=1S/C14H11NO/c1-16-13-7-4-6-11(9-13)14-8-3-2-5-12(14)10-15/h2-9H,1H3. The summed E-state index contributed by atoms with van der Waals surface area (Å²) in [6, 6.07) is 17.4. The molecule has 0 bridgehead atoms. The third-order valence-electron chi connectivity index (χ3n) is 2.43. The fraction of sp³-hybridized carbons (Fsp3) is 0.0714. The van der Waals surface area contributed by atoms with Crippen molar-refractivity contribution in [2.75, 3.05) is 7.11 Å². The highest BCUT2D eigenvalue weighted by Crippen LogP contribution is 2.26. The van der Waals surface area contributed by atoms with Crippen molar-refractivity contribution in [1.29, 1.82) is 5.26 Å². The zero-order chi connectivity index (χ0) is 11.4. The Morgan fingerprint density at radius 1 is 1.06 bits per heavy atom. The topological polar surface area (TPSA) is 33.0 Å². The van der Waals surface area contributed by atoms with Crippen LogP contribution in [0.5, 0.6) is 5.75 Å². The lowest BCUT2D eigenvalue weighted by atomic mass is 10.0. The van der Waals surface area contributed by atoms with E-state index in [-0.39, 0.29) is 0 Å². The van der Waals surface area contributed by atoms with E-state index in [2.05, 4.69) is 6.07 Å². The minimum atomic E-state index is 0.677. The molecule has 2 aromatic rings. The summed E-state index contributed by atoms with van der Waals surface area (Å²) in [6.45, 7) is 0. The number of nitrogens with zero attached hydrogens (tertiary/aromatic N) is 1. The van der Waals surface area contributed by atoms with Gasteiger partial charge in [-0.2, -0.15) is 5.26 Å². The molecule has 0 unspecified atom stereocenters. The Balaban J connectivity index is 2.55. The van der Waals surface area contributed by atoms with E-state index in [0.29, 0.717) is 5.56 Å². The smallest absolute Gasteiger partial charge is 0.119 e. The van der Waals surface area contributed by atoms with Gasteiger partial charge in [0, 0.05) is 0 Å². The van der Waals surface area contributed by atoms with Gasteiger partial charge in [-0.25, -0.2) is 0 Å². The number of nitriles is 1. The first-order valence-corrected chi connectivity index (χ1v) is 4.98. The lowest BCUT2D eigenvalue weighted by Gasteiger charge is -2.05. The quantitative estimate of drug-likeness (QED) is 0.760. The van der Waals surface area contributed by atoms with Gasteiger partial charge in [0.05, 0.1) is 18.7 Å². The van der Waals surface area contributed by atoms with Crippen LogP contribution in [-0.4, -0.2) is 7.11 Å². The number of benzene rings is 2. The molecule has 0 spiro atoms. The van der Waals surface area contributed by atoms with E-state index in [0.717, 1.165) is 16.9 Å². The van der Waals surface area contributed by atoms with E-state index >= 15 is 0 Å². The van der Waals surface area contributed by atoms with Crippen molar-refractivity contribution in [1.82, 2.24) is 0 Å². The van der Waals surface area contributed by atoms with Crippen molar-refractivity contribution in [3.05, 3.63) is 54.1 Å². The fourth-order valence-electron chi connectivity index (χ4n) is 1.62. The fourth-order valence-corrected chi connectivity index (χ4v) is 1.62. The van der Waals surface area contributed by atoms with Gasteiger partial charge in [-0.3, -0.25) is 0 Å². The first-order valence-electron chi connectivity index (χ1n) is 4.98. The Labute approximate surface area is 94.7 Å². The third-order valence-corrected chi connectivity index (χ3v) is 2.43. The van der Waals surface area contributed by atoms with Crippen molar-refractivity contribution < 1.29 is 4.74 Å². The second-order valence-corrected chi connectivity index (χ2v) is 3.39. The predicted octanol–water partition coefficient (Wildman–Crippen LogP) is 3.23. The monoisotopic (exact) mass is 209 g/mol. The van der Waals surface area contributed by atoms with Crippen LogP contribution in [-0.2, 0) is 0 Å². The van der Waals surface area contributed by atoms with Gasteiger partial charge in [-0.15, -0.1) is 0 Å². The Bertz CT molecular complexity index is 540. The average Bonchev–Trinajstić information content (AvgIpc) is 2.38. The lowest BCUT2D eigenvalue weighted by Crippen LogP contribution is -1.86. The second kappa shape index (κ2) is 4.50. The molecule has 78 valence electrons. The van der Waals surface area contributed by atoms with Crippen LogP contribution in [0.4, 0.5) is 0 Å². The summed E-state index contributed by atoms with van der Waals surface area (Å²) >= 11 is 0. The van der Waals surface area contributed by atoms with Gasteiger partial charge in [-0.1, -0.05) is 30.3 Å². The molecule has 0 amide bonds.